The molecule has 1 N–H and O–H groups in total. The monoisotopic (exact) mass is 656 g/mol. The van der Waals surface area contributed by atoms with Gasteiger partial charge in [0.15, 0.2) is 0 Å². The highest BCUT2D eigenvalue weighted by molar-refractivity contribution is 9.10. The summed E-state index contributed by atoms with van der Waals surface area (Å²) in [6.07, 6.45) is 3.47. The van der Waals surface area contributed by atoms with E-state index >= 15 is 0 Å². The van der Waals surface area contributed by atoms with Crippen molar-refractivity contribution < 1.29 is 33.4 Å². The Hall–Kier alpha value is -0.390. The fraction of sp³-hybridized carbons (Fsp3) is 0.429. The Morgan fingerprint density at radius 3 is 2.58 bits per heavy atom. The SMILES string of the molecule is C[C@@H]1C(C(=O)N[N+]2(C)CCCCC2)=NN(c2ccc(Cl)cc2Cl)[C@H]1c1cc(Br)cs1.[I-]. The number of quaternary nitrogens is 1. The lowest BCUT2D eigenvalue weighted by Crippen LogP contribution is -3.00. The second-order valence-corrected chi connectivity index (χ2v) is 10.9. The highest BCUT2D eigenvalue weighted by atomic mass is 127. The number of hydrogen-bond acceptors (Lipinski definition) is 4. The number of hydrogen-bond donors (Lipinski definition) is 1. The summed E-state index contributed by atoms with van der Waals surface area (Å²) in [6, 6.07) is 7.32. The molecule has 0 saturated carbocycles. The second kappa shape index (κ2) is 10.3. The lowest BCUT2D eigenvalue weighted by Gasteiger charge is -2.36. The van der Waals surface area contributed by atoms with Crippen LogP contribution < -0.4 is 34.4 Å². The standard InChI is InChI=1S/C21H23BrCl2N4OS.HI/c1-13-19(21(29)26-28(2)8-4-3-5-9-28)25-27(17-7-6-15(23)11-16(17)24)20(13)18-10-14(22)12-30-18;/h6-7,10-13,20H,3-5,8-9H2,1-2H3;1H/t13-,20-;/m1./s1. The molecule has 1 saturated heterocycles. The normalized spacial score (nSPS) is 22.6. The first-order chi connectivity index (χ1) is 14.3. The van der Waals surface area contributed by atoms with Gasteiger partial charge in [0.25, 0.3) is 0 Å². The van der Waals surface area contributed by atoms with Crippen molar-refractivity contribution in [1.82, 2.24) is 5.43 Å². The third kappa shape index (κ3) is 5.41. The molecular formula is C21H24BrCl2IN4OS. The number of amides is 1. The van der Waals surface area contributed by atoms with Gasteiger partial charge < -0.3 is 24.0 Å². The van der Waals surface area contributed by atoms with Gasteiger partial charge in [0.2, 0.25) is 0 Å². The molecule has 5 nitrogen and oxygen atoms in total. The number of halogens is 4. The van der Waals surface area contributed by atoms with Gasteiger partial charge in [-0.15, -0.1) is 11.3 Å². The van der Waals surface area contributed by atoms with Gasteiger partial charge in [0.05, 0.1) is 23.8 Å². The minimum Gasteiger partial charge on any atom is -1.00 e. The van der Waals surface area contributed by atoms with E-state index in [1.54, 1.807) is 23.5 Å². The van der Waals surface area contributed by atoms with Crippen LogP contribution in [-0.2, 0) is 4.79 Å². The van der Waals surface area contributed by atoms with Crippen LogP contribution in [0.3, 0.4) is 0 Å². The van der Waals surface area contributed by atoms with E-state index in [9.17, 15) is 4.79 Å². The van der Waals surface area contributed by atoms with Crippen LogP contribution in [0.2, 0.25) is 10.0 Å². The molecule has 2 aliphatic rings. The minimum absolute atomic E-state index is 0. The number of likely N-dealkylation sites (tertiary alicyclic amines) is 1. The minimum atomic E-state index is -0.118. The summed E-state index contributed by atoms with van der Waals surface area (Å²) in [5, 5.41) is 9.77. The predicted molar refractivity (Wildman–Crippen MR) is 128 cm³/mol. The van der Waals surface area contributed by atoms with Crippen LogP contribution >= 0.6 is 50.5 Å². The summed E-state index contributed by atoms with van der Waals surface area (Å²) < 4.78 is 1.57. The van der Waals surface area contributed by atoms with E-state index in [4.69, 9.17) is 28.3 Å². The van der Waals surface area contributed by atoms with Crippen molar-refractivity contribution in [2.45, 2.75) is 32.2 Å². The van der Waals surface area contributed by atoms with Crippen LogP contribution in [0.4, 0.5) is 5.69 Å². The number of piperidine rings is 1. The zero-order valence-electron chi connectivity index (χ0n) is 17.2. The van der Waals surface area contributed by atoms with Gasteiger partial charge in [-0.3, -0.25) is 9.80 Å². The van der Waals surface area contributed by atoms with E-state index in [-0.39, 0.29) is 41.8 Å². The topological polar surface area (TPSA) is 44.7 Å². The van der Waals surface area contributed by atoms with Crippen LogP contribution in [0.15, 0.2) is 39.2 Å². The van der Waals surface area contributed by atoms with Crippen molar-refractivity contribution in [3.8, 4) is 0 Å². The maximum Gasteiger partial charge on any atom is 0.312 e. The van der Waals surface area contributed by atoms with Gasteiger partial charge in [-0.05, 0) is 59.5 Å². The maximum atomic E-state index is 13.3. The molecule has 0 aliphatic carbocycles. The van der Waals surface area contributed by atoms with Crippen LogP contribution in [-0.4, -0.2) is 36.3 Å². The van der Waals surface area contributed by atoms with Crippen molar-refractivity contribution in [2.24, 2.45) is 11.0 Å². The number of nitrogens with zero attached hydrogens (tertiary/aromatic N) is 3. The summed E-state index contributed by atoms with van der Waals surface area (Å²) in [6.45, 7) is 3.94. The first-order valence-corrected chi connectivity index (χ1v) is 12.4. The van der Waals surface area contributed by atoms with Crippen molar-refractivity contribution in [2.75, 3.05) is 25.1 Å². The summed E-state index contributed by atoms with van der Waals surface area (Å²) in [5.41, 5.74) is 4.49. The number of carbonyl (C=O) groups is 1. The quantitative estimate of drug-likeness (QED) is 0.406. The van der Waals surface area contributed by atoms with Gasteiger partial charge in [-0.25, -0.2) is 4.59 Å². The zero-order chi connectivity index (χ0) is 21.5. The lowest BCUT2D eigenvalue weighted by molar-refractivity contribution is -0.947. The smallest absolute Gasteiger partial charge is 0.312 e. The summed E-state index contributed by atoms with van der Waals surface area (Å²) >= 11 is 17.8. The molecule has 2 aromatic rings. The van der Waals surface area contributed by atoms with E-state index in [2.05, 4.69) is 41.4 Å². The first-order valence-electron chi connectivity index (χ1n) is 10.0. The molecule has 0 spiro atoms. The number of benzene rings is 1. The first kappa shape index (κ1) is 25.2. The fourth-order valence-electron chi connectivity index (χ4n) is 4.23. The summed E-state index contributed by atoms with van der Waals surface area (Å²) in [4.78, 5) is 14.4. The third-order valence-corrected chi connectivity index (χ3v) is 8.13. The molecule has 10 heteroatoms. The van der Waals surface area contributed by atoms with Crippen LogP contribution in [0.25, 0.3) is 0 Å². The van der Waals surface area contributed by atoms with E-state index in [0.717, 1.165) is 41.0 Å². The second-order valence-electron chi connectivity index (χ2n) is 8.17. The van der Waals surface area contributed by atoms with Gasteiger partial charge in [-0.2, -0.15) is 10.5 Å². The molecule has 1 aromatic heterocycles. The maximum absolute atomic E-state index is 13.3. The molecule has 1 aromatic carbocycles. The van der Waals surface area contributed by atoms with Gasteiger partial charge in [-0.1, -0.05) is 30.1 Å². The Morgan fingerprint density at radius 2 is 1.97 bits per heavy atom. The number of rotatable bonds is 4. The molecule has 4 rings (SSSR count). The highest BCUT2D eigenvalue weighted by Gasteiger charge is 2.42. The summed E-state index contributed by atoms with van der Waals surface area (Å²) in [5.74, 6) is -0.209. The van der Waals surface area contributed by atoms with Gasteiger partial charge in [0, 0.05) is 25.7 Å². The molecule has 168 valence electrons. The Labute approximate surface area is 222 Å². The van der Waals surface area contributed by atoms with Crippen molar-refractivity contribution in [1.29, 1.82) is 0 Å². The Kier molecular flexibility index (Phi) is 8.35. The number of anilines is 1. The van der Waals surface area contributed by atoms with Crippen molar-refractivity contribution in [3.63, 3.8) is 0 Å². The van der Waals surface area contributed by atoms with Gasteiger partial charge in [0.1, 0.15) is 18.8 Å². The predicted octanol–water partition coefficient (Wildman–Crippen LogP) is 3.04. The average molecular weight is 658 g/mol. The van der Waals surface area contributed by atoms with E-state index in [1.165, 1.54) is 6.42 Å². The van der Waals surface area contributed by atoms with E-state index < -0.39 is 0 Å². The number of carbonyl (C=O) groups excluding carboxylic acids is 1. The van der Waals surface area contributed by atoms with Crippen molar-refractivity contribution in [3.05, 3.63) is 49.0 Å². The van der Waals surface area contributed by atoms with Crippen LogP contribution in [0.5, 0.6) is 0 Å². The molecule has 1 amide bonds. The van der Waals surface area contributed by atoms with Crippen LogP contribution in [0, 0.1) is 5.92 Å². The zero-order valence-corrected chi connectivity index (χ0v) is 23.3. The molecular weight excluding hydrogens is 634 g/mol. The van der Waals surface area contributed by atoms with E-state index in [1.807, 2.05) is 16.5 Å². The van der Waals surface area contributed by atoms with E-state index in [0.29, 0.717) is 20.3 Å². The molecule has 2 aliphatic heterocycles. The van der Waals surface area contributed by atoms with Gasteiger partial charge >= 0.3 is 5.91 Å². The molecule has 1 fully saturated rings. The Balaban J connectivity index is 0.00000272. The molecule has 0 radical (unpaired) electrons. The molecule has 31 heavy (non-hydrogen) atoms. The highest BCUT2D eigenvalue weighted by Crippen LogP contribution is 2.44. The third-order valence-electron chi connectivity index (χ3n) is 5.83. The lowest BCUT2D eigenvalue weighted by atomic mass is 9.95. The number of nitrogens with one attached hydrogen (secondary N) is 1. The molecule has 0 unspecified atom stereocenters. The average Bonchev–Trinajstić information content (AvgIpc) is 3.25. The Bertz CT molecular complexity index is 996. The Morgan fingerprint density at radius 1 is 1.26 bits per heavy atom. The number of thiophene rings is 1. The van der Waals surface area contributed by atoms with Crippen LogP contribution in [0.1, 0.15) is 37.1 Å². The molecule has 2 atom stereocenters. The molecule has 0 bridgehead atoms. The molecule has 3 heterocycles. The van der Waals surface area contributed by atoms with Crippen molar-refractivity contribution >= 4 is 67.8 Å². The summed E-state index contributed by atoms with van der Waals surface area (Å²) in [7, 11) is 2.08. The number of hydrazone groups is 1. The fourth-order valence-corrected chi connectivity index (χ4v) is 6.36. The largest absolute Gasteiger partial charge is 1.00 e.